The molecule has 8 nitrogen and oxygen atoms in total. The van der Waals surface area contributed by atoms with Crippen LogP contribution in [-0.4, -0.2) is 14.5 Å². The lowest BCUT2D eigenvalue weighted by Gasteiger charge is -2.11. The Morgan fingerprint density at radius 3 is 2.67 bits per heavy atom. The number of nitrogens with zero attached hydrogens (tertiary/aromatic N) is 3. The molecule has 0 aliphatic carbocycles. The Kier molecular flexibility index (Phi) is 3.99. The molecule has 1 aromatic heterocycles. The number of hydrazine groups is 1. The molecule has 2 aromatic rings. The fourth-order valence-corrected chi connectivity index (χ4v) is 2.10. The van der Waals surface area contributed by atoms with Crippen LogP contribution < -0.4 is 16.8 Å². The number of nitro groups is 1. The second kappa shape index (κ2) is 5.71. The molecule has 8 heteroatoms. The summed E-state index contributed by atoms with van der Waals surface area (Å²) in [7, 11) is 0. The van der Waals surface area contributed by atoms with E-state index in [0.717, 1.165) is 0 Å². The summed E-state index contributed by atoms with van der Waals surface area (Å²) in [4.78, 5) is 26.5. The number of nitrogen functional groups attached to an aromatic ring is 1. The number of nitrogens with two attached hydrogens (primary N) is 1. The minimum Gasteiger partial charge on any atom is -0.318 e. The molecule has 0 radical (unpaired) electrons. The summed E-state index contributed by atoms with van der Waals surface area (Å²) in [5.74, 6) is 5.88. The summed E-state index contributed by atoms with van der Waals surface area (Å²) >= 11 is 0. The van der Waals surface area contributed by atoms with E-state index in [9.17, 15) is 14.9 Å². The van der Waals surface area contributed by atoms with E-state index in [-0.39, 0.29) is 23.5 Å². The van der Waals surface area contributed by atoms with Gasteiger partial charge in [-0.05, 0) is 25.5 Å². The molecule has 0 atom stereocenters. The smallest absolute Gasteiger partial charge is 0.293 e. The predicted octanol–water partition coefficient (Wildman–Crippen LogP) is 1.10. The molecular formula is C13H15N5O3. The number of nitrogens with one attached hydrogen (secondary N) is 1. The van der Waals surface area contributed by atoms with Crippen LogP contribution in [0.2, 0.25) is 0 Å². The molecule has 110 valence electrons. The Bertz CT molecular complexity index is 754. The number of aryl methyl sites for hydroxylation is 2. The van der Waals surface area contributed by atoms with E-state index in [1.807, 2.05) is 0 Å². The highest BCUT2D eigenvalue weighted by Crippen LogP contribution is 2.24. The van der Waals surface area contributed by atoms with Gasteiger partial charge in [-0.1, -0.05) is 6.07 Å². The Morgan fingerprint density at radius 2 is 2.10 bits per heavy atom. The van der Waals surface area contributed by atoms with E-state index < -0.39 is 4.92 Å². The van der Waals surface area contributed by atoms with E-state index in [1.165, 1.54) is 16.7 Å². The van der Waals surface area contributed by atoms with Crippen LogP contribution in [0.15, 0.2) is 29.1 Å². The molecule has 2 rings (SSSR count). The second-order valence-corrected chi connectivity index (χ2v) is 4.62. The number of benzene rings is 1. The van der Waals surface area contributed by atoms with Crippen LogP contribution in [0.5, 0.6) is 0 Å². The van der Waals surface area contributed by atoms with Crippen LogP contribution in [0.1, 0.15) is 17.1 Å². The van der Waals surface area contributed by atoms with Crippen molar-refractivity contribution < 1.29 is 4.92 Å². The van der Waals surface area contributed by atoms with Crippen LogP contribution in [0.4, 0.5) is 11.4 Å². The topological polar surface area (TPSA) is 116 Å². The third kappa shape index (κ3) is 3.06. The van der Waals surface area contributed by atoms with Gasteiger partial charge in [-0.15, -0.1) is 0 Å². The standard InChI is InChI=1S/C13H15N5O3/c1-8-5-13(19)17(9(2)15-8)7-10-3-4-12(18(20)21)11(6-10)16-14/h3-6,16H,7,14H2,1-2H3. The number of nitro benzene ring substituents is 1. The van der Waals surface area contributed by atoms with Crippen LogP contribution in [0.25, 0.3) is 0 Å². The van der Waals surface area contributed by atoms with Gasteiger partial charge in [-0.2, -0.15) is 0 Å². The zero-order valence-corrected chi connectivity index (χ0v) is 11.7. The van der Waals surface area contributed by atoms with Gasteiger partial charge < -0.3 is 5.43 Å². The van der Waals surface area contributed by atoms with Crippen molar-refractivity contribution in [3.8, 4) is 0 Å². The molecule has 1 aromatic carbocycles. The van der Waals surface area contributed by atoms with Crippen LogP contribution in [0, 0.1) is 24.0 Å². The monoisotopic (exact) mass is 289 g/mol. The highest BCUT2D eigenvalue weighted by molar-refractivity contribution is 5.62. The summed E-state index contributed by atoms with van der Waals surface area (Å²) in [5.41, 5.74) is 3.58. The third-order valence-electron chi connectivity index (χ3n) is 3.08. The van der Waals surface area contributed by atoms with Crippen molar-refractivity contribution >= 4 is 11.4 Å². The van der Waals surface area contributed by atoms with E-state index in [0.29, 0.717) is 17.1 Å². The van der Waals surface area contributed by atoms with Gasteiger partial charge in [0.2, 0.25) is 0 Å². The zero-order chi connectivity index (χ0) is 15.6. The van der Waals surface area contributed by atoms with Gasteiger partial charge in [0, 0.05) is 17.8 Å². The predicted molar refractivity (Wildman–Crippen MR) is 78.0 cm³/mol. The normalized spacial score (nSPS) is 10.4. The van der Waals surface area contributed by atoms with E-state index in [1.54, 1.807) is 26.0 Å². The molecule has 0 aliphatic rings. The molecule has 0 aliphatic heterocycles. The van der Waals surface area contributed by atoms with Crippen molar-refractivity contribution in [3.05, 3.63) is 61.8 Å². The first-order valence-electron chi connectivity index (χ1n) is 6.21. The number of rotatable bonds is 4. The fraction of sp³-hybridized carbons (Fsp3) is 0.231. The summed E-state index contributed by atoms with van der Waals surface area (Å²) in [6.45, 7) is 3.76. The summed E-state index contributed by atoms with van der Waals surface area (Å²) in [5, 5.41) is 10.8. The summed E-state index contributed by atoms with van der Waals surface area (Å²) in [6, 6.07) is 5.93. The average molecular weight is 289 g/mol. The Labute approximate surface area is 120 Å². The lowest BCUT2D eigenvalue weighted by atomic mass is 10.1. The molecule has 0 unspecified atom stereocenters. The first-order valence-corrected chi connectivity index (χ1v) is 6.21. The maximum Gasteiger partial charge on any atom is 0.293 e. The van der Waals surface area contributed by atoms with Crippen molar-refractivity contribution in [1.29, 1.82) is 0 Å². The average Bonchev–Trinajstić information content (AvgIpc) is 2.42. The SMILES string of the molecule is Cc1cc(=O)n(Cc2ccc([N+](=O)[O-])c(NN)c2)c(C)n1. The Hall–Kier alpha value is -2.74. The molecule has 0 bridgehead atoms. The van der Waals surface area contributed by atoms with Gasteiger partial charge >= 0.3 is 0 Å². The number of anilines is 1. The maximum atomic E-state index is 12.0. The van der Waals surface area contributed by atoms with E-state index in [4.69, 9.17) is 5.84 Å². The molecule has 0 amide bonds. The molecule has 21 heavy (non-hydrogen) atoms. The molecule has 1 heterocycles. The lowest BCUT2D eigenvalue weighted by molar-refractivity contribution is -0.384. The van der Waals surface area contributed by atoms with Gasteiger partial charge in [-0.3, -0.25) is 25.3 Å². The molecule has 0 fully saturated rings. The highest BCUT2D eigenvalue weighted by Gasteiger charge is 2.14. The van der Waals surface area contributed by atoms with Crippen molar-refractivity contribution in [2.45, 2.75) is 20.4 Å². The molecule has 0 saturated carbocycles. The Balaban J connectivity index is 2.41. The van der Waals surface area contributed by atoms with E-state index >= 15 is 0 Å². The Morgan fingerprint density at radius 1 is 1.38 bits per heavy atom. The number of hydrogen-bond acceptors (Lipinski definition) is 6. The van der Waals surface area contributed by atoms with Crippen molar-refractivity contribution in [2.75, 3.05) is 5.43 Å². The third-order valence-corrected chi connectivity index (χ3v) is 3.08. The van der Waals surface area contributed by atoms with Crippen LogP contribution in [0.3, 0.4) is 0 Å². The summed E-state index contributed by atoms with van der Waals surface area (Å²) < 4.78 is 1.49. The fourth-order valence-electron chi connectivity index (χ4n) is 2.10. The van der Waals surface area contributed by atoms with Gasteiger partial charge in [0.15, 0.2) is 0 Å². The molecule has 0 saturated heterocycles. The van der Waals surface area contributed by atoms with Crippen molar-refractivity contribution in [3.63, 3.8) is 0 Å². The molecule has 3 N–H and O–H groups in total. The zero-order valence-electron chi connectivity index (χ0n) is 11.7. The second-order valence-electron chi connectivity index (χ2n) is 4.62. The first-order chi connectivity index (χ1) is 9.92. The minimum absolute atomic E-state index is 0.118. The molecule has 0 spiro atoms. The van der Waals surface area contributed by atoms with Crippen LogP contribution in [-0.2, 0) is 6.54 Å². The molecular weight excluding hydrogens is 274 g/mol. The highest BCUT2D eigenvalue weighted by atomic mass is 16.6. The van der Waals surface area contributed by atoms with Gasteiger partial charge in [0.25, 0.3) is 11.2 Å². The quantitative estimate of drug-likeness (QED) is 0.494. The summed E-state index contributed by atoms with van der Waals surface area (Å²) in [6.07, 6.45) is 0. The largest absolute Gasteiger partial charge is 0.318 e. The lowest BCUT2D eigenvalue weighted by Crippen LogP contribution is -2.24. The number of hydrogen-bond donors (Lipinski definition) is 2. The van der Waals surface area contributed by atoms with Crippen LogP contribution >= 0.6 is 0 Å². The van der Waals surface area contributed by atoms with E-state index in [2.05, 4.69) is 10.4 Å². The van der Waals surface area contributed by atoms with Gasteiger partial charge in [-0.25, -0.2) is 4.98 Å². The first kappa shape index (κ1) is 14.7. The van der Waals surface area contributed by atoms with Crippen molar-refractivity contribution in [1.82, 2.24) is 9.55 Å². The maximum absolute atomic E-state index is 12.0. The number of aromatic nitrogens is 2. The van der Waals surface area contributed by atoms with Gasteiger partial charge in [0.05, 0.1) is 11.5 Å². The minimum atomic E-state index is -0.524. The van der Waals surface area contributed by atoms with Crippen molar-refractivity contribution in [2.24, 2.45) is 5.84 Å². The van der Waals surface area contributed by atoms with Gasteiger partial charge in [0.1, 0.15) is 11.5 Å².